The Balaban J connectivity index is 2.38. The summed E-state index contributed by atoms with van der Waals surface area (Å²) in [6.07, 6.45) is 0. The number of nitrogens with one attached hydrogen (secondary N) is 1. The van der Waals surface area contributed by atoms with Crippen LogP contribution in [0.1, 0.15) is 24.9 Å². The molecule has 0 bridgehead atoms. The molecule has 7 heteroatoms. The summed E-state index contributed by atoms with van der Waals surface area (Å²) in [5.74, 6) is -1.43. The van der Waals surface area contributed by atoms with Crippen molar-refractivity contribution in [3.05, 3.63) is 48.5 Å². The first-order chi connectivity index (χ1) is 9.38. The van der Waals surface area contributed by atoms with Crippen LogP contribution in [0.3, 0.4) is 0 Å². The molecule has 20 heavy (non-hydrogen) atoms. The predicted octanol–water partition coefficient (Wildman–Crippen LogP) is 4.53. The van der Waals surface area contributed by atoms with Gasteiger partial charge in [0.15, 0.2) is 0 Å². The van der Waals surface area contributed by atoms with Crippen LogP contribution in [0.4, 0.5) is 5.69 Å². The van der Waals surface area contributed by atoms with Gasteiger partial charge in [-0.25, -0.2) is 4.79 Å². The Kier molecular flexibility index (Phi) is 4.62. The van der Waals surface area contributed by atoms with Crippen molar-refractivity contribution in [1.82, 2.24) is 0 Å². The second kappa shape index (κ2) is 6.07. The van der Waals surface area contributed by atoms with E-state index >= 15 is 0 Å². The van der Waals surface area contributed by atoms with Gasteiger partial charge in [0.05, 0.1) is 16.1 Å². The molecule has 4 nitrogen and oxygen atoms in total. The molecule has 1 aromatic carbocycles. The number of thiophene rings is 1. The lowest BCUT2D eigenvalue weighted by Crippen LogP contribution is -2.14. The number of hydrogen-bond acceptors (Lipinski definition) is 3. The number of carboxylic acid groups (broad SMARTS) is 1. The van der Waals surface area contributed by atoms with Gasteiger partial charge in [0.1, 0.15) is 0 Å². The molecule has 0 unspecified atom stereocenters. The standard InChI is InChI=1S/C13H9Br2NO3S/c1-6-2-3-10(20-6)12(17)16-11-8(13(18)19)4-7(14)5-9(11)15/h2-5H,1H3,(H,16,17)(H,18,19). The van der Waals surface area contributed by atoms with Gasteiger partial charge in [0, 0.05) is 13.8 Å². The topological polar surface area (TPSA) is 66.4 Å². The van der Waals surface area contributed by atoms with E-state index in [1.165, 1.54) is 17.4 Å². The molecule has 1 aromatic heterocycles. The van der Waals surface area contributed by atoms with Crippen LogP contribution in [0.2, 0.25) is 0 Å². The fourth-order valence-corrected chi connectivity index (χ4v) is 3.69. The number of anilines is 1. The Morgan fingerprint density at radius 2 is 1.95 bits per heavy atom. The maximum absolute atomic E-state index is 12.1. The van der Waals surface area contributed by atoms with E-state index in [4.69, 9.17) is 0 Å². The summed E-state index contributed by atoms with van der Waals surface area (Å²) in [4.78, 5) is 24.9. The van der Waals surface area contributed by atoms with Gasteiger partial charge in [0.25, 0.3) is 5.91 Å². The quantitative estimate of drug-likeness (QED) is 0.769. The summed E-state index contributed by atoms with van der Waals surface area (Å²) in [5.41, 5.74) is 0.268. The summed E-state index contributed by atoms with van der Waals surface area (Å²) in [7, 11) is 0. The van der Waals surface area contributed by atoms with Crippen LogP contribution in [0, 0.1) is 6.92 Å². The molecule has 0 spiro atoms. The average molecular weight is 419 g/mol. The molecule has 104 valence electrons. The minimum Gasteiger partial charge on any atom is -0.478 e. The fraction of sp³-hybridized carbons (Fsp3) is 0.0769. The maximum atomic E-state index is 12.1. The zero-order valence-corrected chi connectivity index (χ0v) is 14.2. The molecular formula is C13H9Br2NO3S. The minimum absolute atomic E-state index is 0.0212. The minimum atomic E-state index is -1.11. The van der Waals surface area contributed by atoms with Crippen molar-refractivity contribution in [3.63, 3.8) is 0 Å². The molecular weight excluding hydrogens is 410 g/mol. The number of halogens is 2. The Morgan fingerprint density at radius 1 is 1.25 bits per heavy atom. The van der Waals surface area contributed by atoms with Crippen molar-refractivity contribution in [1.29, 1.82) is 0 Å². The number of benzene rings is 1. The van der Waals surface area contributed by atoms with Crippen LogP contribution < -0.4 is 5.32 Å². The van der Waals surface area contributed by atoms with Crippen molar-refractivity contribution in [3.8, 4) is 0 Å². The zero-order valence-electron chi connectivity index (χ0n) is 10.2. The lowest BCUT2D eigenvalue weighted by atomic mass is 10.2. The van der Waals surface area contributed by atoms with Crippen LogP contribution in [0.5, 0.6) is 0 Å². The van der Waals surface area contributed by atoms with Crippen molar-refractivity contribution in [2.45, 2.75) is 6.92 Å². The summed E-state index contributed by atoms with van der Waals surface area (Å²) < 4.78 is 1.12. The highest BCUT2D eigenvalue weighted by molar-refractivity contribution is 9.11. The van der Waals surface area contributed by atoms with Crippen molar-refractivity contribution in [2.24, 2.45) is 0 Å². The van der Waals surface area contributed by atoms with Crippen molar-refractivity contribution in [2.75, 3.05) is 5.32 Å². The fourth-order valence-electron chi connectivity index (χ4n) is 1.60. The van der Waals surface area contributed by atoms with Crippen LogP contribution in [0.25, 0.3) is 0 Å². The summed E-state index contributed by atoms with van der Waals surface area (Å²) in [6.45, 7) is 1.90. The van der Waals surface area contributed by atoms with Gasteiger partial charge in [-0.1, -0.05) is 15.9 Å². The first-order valence-corrected chi connectivity index (χ1v) is 7.89. The van der Waals surface area contributed by atoms with Gasteiger partial charge in [0.2, 0.25) is 0 Å². The third-order valence-electron chi connectivity index (χ3n) is 2.49. The van der Waals surface area contributed by atoms with Gasteiger partial charge in [-0.05, 0) is 47.1 Å². The predicted molar refractivity (Wildman–Crippen MR) is 85.8 cm³/mol. The average Bonchev–Trinajstić information content (AvgIpc) is 2.78. The van der Waals surface area contributed by atoms with Crippen molar-refractivity contribution < 1.29 is 14.7 Å². The Bertz CT molecular complexity index is 697. The Labute approximate surface area is 136 Å². The van der Waals surface area contributed by atoms with Crippen molar-refractivity contribution >= 4 is 60.8 Å². The molecule has 0 atom stereocenters. The van der Waals surface area contributed by atoms with E-state index in [0.29, 0.717) is 13.8 Å². The van der Waals surface area contributed by atoms with E-state index in [9.17, 15) is 14.7 Å². The van der Waals surface area contributed by atoms with Crippen LogP contribution in [-0.4, -0.2) is 17.0 Å². The number of carbonyl (C=O) groups excluding carboxylic acids is 1. The van der Waals surface area contributed by atoms with E-state index in [1.807, 2.05) is 13.0 Å². The van der Waals surface area contributed by atoms with E-state index in [2.05, 4.69) is 37.2 Å². The number of rotatable bonds is 3. The second-order valence-electron chi connectivity index (χ2n) is 3.98. The molecule has 2 rings (SSSR count). The second-order valence-corrected chi connectivity index (χ2v) is 7.04. The van der Waals surface area contributed by atoms with Gasteiger partial charge in [-0.3, -0.25) is 4.79 Å². The lowest BCUT2D eigenvalue weighted by Gasteiger charge is -2.10. The molecule has 0 aliphatic carbocycles. The Hall–Kier alpha value is -1.18. The van der Waals surface area contributed by atoms with Gasteiger partial charge < -0.3 is 10.4 Å². The van der Waals surface area contributed by atoms with Crippen LogP contribution in [-0.2, 0) is 0 Å². The number of aromatic carboxylic acids is 1. The van der Waals surface area contributed by atoms with Crippen LogP contribution in [0.15, 0.2) is 33.2 Å². The highest BCUT2D eigenvalue weighted by Gasteiger charge is 2.18. The van der Waals surface area contributed by atoms with Gasteiger partial charge >= 0.3 is 5.97 Å². The monoisotopic (exact) mass is 417 g/mol. The molecule has 0 aliphatic heterocycles. The smallest absolute Gasteiger partial charge is 0.337 e. The summed E-state index contributed by atoms with van der Waals surface area (Å²) >= 11 is 7.85. The first-order valence-electron chi connectivity index (χ1n) is 5.48. The van der Waals surface area contributed by atoms with Gasteiger partial charge in [-0.2, -0.15) is 0 Å². The number of carbonyl (C=O) groups is 2. The molecule has 2 aromatic rings. The number of aryl methyl sites for hydroxylation is 1. The van der Waals surface area contributed by atoms with E-state index in [-0.39, 0.29) is 17.2 Å². The zero-order chi connectivity index (χ0) is 14.9. The first kappa shape index (κ1) is 15.2. The molecule has 1 amide bonds. The molecule has 0 aliphatic rings. The number of carboxylic acids is 1. The Morgan fingerprint density at radius 3 is 2.50 bits per heavy atom. The molecule has 0 fully saturated rings. The maximum Gasteiger partial charge on any atom is 0.337 e. The van der Waals surface area contributed by atoms with E-state index < -0.39 is 5.97 Å². The molecule has 0 radical (unpaired) electrons. The third kappa shape index (κ3) is 3.28. The number of amides is 1. The molecule has 1 heterocycles. The van der Waals surface area contributed by atoms with E-state index in [1.54, 1.807) is 12.1 Å². The molecule has 0 saturated carbocycles. The van der Waals surface area contributed by atoms with Gasteiger partial charge in [-0.15, -0.1) is 11.3 Å². The number of hydrogen-bond donors (Lipinski definition) is 2. The third-order valence-corrected chi connectivity index (χ3v) is 4.57. The summed E-state index contributed by atoms with van der Waals surface area (Å²) in [5, 5.41) is 11.9. The lowest BCUT2D eigenvalue weighted by molar-refractivity contribution is 0.0698. The highest BCUT2D eigenvalue weighted by atomic mass is 79.9. The summed E-state index contributed by atoms with van der Waals surface area (Å²) in [6, 6.07) is 6.68. The largest absolute Gasteiger partial charge is 0.478 e. The SMILES string of the molecule is Cc1ccc(C(=O)Nc2c(Br)cc(Br)cc2C(=O)O)s1. The normalized spacial score (nSPS) is 10.3. The molecule has 0 saturated heterocycles. The van der Waals surface area contributed by atoms with E-state index in [0.717, 1.165) is 4.88 Å². The molecule has 2 N–H and O–H groups in total. The van der Waals surface area contributed by atoms with Crippen LogP contribution >= 0.6 is 43.2 Å². The highest BCUT2D eigenvalue weighted by Crippen LogP contribution is 2.31.